The summed E-state index contributed by atoms with van der Waals surface area (Å²) in [6.07, 6.45) is -1.15. The van der Waals surface area contributed by atoms with Gasteiger partial charge in [-0.15, -0.1) is 11.3 Å². The van der Waals surface area contributed by atoms with Crippen LogP contribution in [0.25, 0.3) is 10.2 Å². The summed E-state index contributed by atoms with van der Waals surface area (Å²) in [7, 11) is 0. The minimum atomic E-state index is -1.15. The molecular weight excluding hydrogens is 321 g/mol. The van der Waals surface area contributed by atoms with E-state index >= 15 is 0 Å². The number of fused-ring (bicyclic) bond motifs is 1. The Labute approximate surface area is 136 Å². The number of rotatable bonds is 6. The Morgan fingerprint density at radius 2 is 2.13 bits per heavy atom. The molecule has 3 atom stereocenters. The highest BCUT2D eigenvalue weighted by Crippen LogP contribution is 2.35. The smallest absolute Gasteiger partial charge is 0.404 e. The third kappa shape index (κ3) is 3.95. The molecule has 0 saturated heterocycles. The lowest BCUT2D eigenvalue weighted by atomic mass is 9.83. The van der Waals surface area contributed by atoms with Crippen LogP contribution in [-0.4, -0.2) is 28.6 Å². The second-order valence-corrected chi connectivity index (χ2v) is 6.61. The first-order valence-corrected chi connectivity index (χ1v) is 7.93. The number of benzene rings is 1. The lowest BCUT2D eigenvalue weighted by molar-refractivity contribution is -0.123. The van der Waals surface area contributed by atoms with Gasteiger partial charge in [0.05, 0.1) is 21.1 Å². The minimum Gasteiger partial charge on any atom is -0.465 e. The number of carboxylic acid groups (broad SMARTS) is 1. The highest BCUT2D eigenvalue weighted by Gasteiger charge is 2.32. The van der Waals surface area contributed by atoms with Gasteiger partial charge in [-0.25, -0.2) is 14.2 Å². The number of aromatic nitrogens is 1. The molecule has 1 aromatic carbocycles. The Morgan fingerprint density at radius 1 is 1.43 bits per heavy atom. The first kappa shape index (κ1) is 17.1. The van der Waals surface area contributed by atoms with Crippen LogP contribution in [-0.2, 0) is 4.79 Å². The molecule has 0 aliphatic carbocycles. The van der Waals surface area contributed by atoms with Crippen molar-refractivity contribution in [2.45, 2.75) is 19.8 Å². The summed E-state index contributed by atoms with van der Waals surface area (Å²) in [6.45, 7) is 3.70. The van der Waals surface area contributed by atoms with Crippen molar-refractivity contribution in [2.24, 2.45) is 17.6 Å². The van der Waals surface area contributed by atoms with E-state index in [1.165, 1.54) is 23.5 Å². The van der Waals surface area contributed by atoms with E-state index in [1.54, 1.807) is 13.0 Å². The van der Waals surface area contributed by atoms with Crippen LogP contribution in [0.1, 0.15) is 24.8 Å². The van der Waals surface area contributed by atoms with Crippen molar-refractivity contribution >= 4 is 33.6 Å². The molecule has 6 nitrogen and oxygen atoms in total. The van der Waals surface area contributed by atoms with Gasteiger partial charge in [0, 0.05) is 12.5 Å². The monoisotopic (exact) mass is 339 g/mol. The van der Waals surface area contributed by atoms with Gasteiger partial charge < -0.3 is 16.2 Å². The number of thiazole rings is 1. The molecule has 0 radical (unpaired) electrons. The van der Waals surface area contributed by atoms with Crippen molar-refractivity contribution in [3.63, 3.8) is 0 Å². The Balaban J connectivity index is 2.26. The van der Waals surface area contributed by atoms with E-state index in [-0.39, 0.29) is 24.2 Å². The van der Waals surface area contributed by atoms with Crippen LogP contribution in [0.5, 0.6) is 0 Å². The summed E-state index contributed by atoms with van der Waals surface area (Å²) in [5.41, 5.74) is 6.17. The molecule has 1 aromatic heterocycles. The van der Waals surface area contributed by atoms with Gasteiger partial charge in [-0.2, -0.15) is 0 Å². The molecule has 0 aliphatic heterocycles. The van der Waals surface area contributed by atoms with E-state index < -0.39 is 17.9 Å². The second kappa shape index (κ2) is 6.91. The van der Waals surface area contributed by atoms with Crippen LogP contribution in [0, 0.1) is 17.7 Å². The molecule has 1 heterocycles. The van der Waals surface area contributed by atoms with Crippen molar-refractivity contribution in [2.75, 3.05) is 6.54 Å². The maximum Gasteiger partial charge on any atom is 0.404 e. The third-order valence-corrected chi connectivity index (χ3v) is 5.03. The topological polar surface area (TPSA) is 105 Å². The van der Waals surface area contributed by atoms with Crippen LogP contribution in [0.15, 0.2) is 18.2 Å². The number of nitrogens with two attached hydrogens (primary N) is 1. The van der Waals surface area contributed by atoms with Gasteiger partial charge in [0.15, 0.2) is 0 Å². The quantitative estimate of drug-likeness (QED) is 0.752. The van der Waals surface area contributed by atoms with Gasteiger partial charge in [0.1, 0.15) is 5.82 Å². The number of carbonyl (C=O) groups is 2. The van der Waals surface area contributed by atoms with E-state index in [0.717, 1.165) is 0 Å². The number of primary amides is 1. The molecule has 8 heteroatoms. The van der Waals surface area contributed by atoms with Gasteiger partial charge >= 0.3 is 6.09 Å². The van der Waals surface area contributed by atoms with E-state index in [1.807, 2.05) is 6.92 Å². The average Bonchev–Trinajstić information content (AvgIpc) is 2.87. The molecule has 0 aliphatic rings. The van der Waals surface area contributed by atoms with E-state index in [4.69, 9.17) is 10.8 Å². The second-order valence-electron chi connectivity index (χ2n) is 5.54. The number of amides is 2. The lowest BCUT2D eigenvalue weighted by Gasteiger charge is -2.25. The van der Waals surface area contributed by atoms with E-state index in [9.17, 15) is 14.0 Å². The summed E-state index contributed by atoms with van der Waals surface area (Å²) in [5, 5.41) is 11.6. The van der Waals surface area contributed by atoms with Gasteiger partial charge in [-0.1, -0.05) is 13.8 Å². The number of hydrogen-bond acceptors (Lipinski definition) is 4. The maximum absolute atomic E-state index is 13.3. The lowest BCUT2D eigenvalue weighted by Crippen LogP contribution is -2.38. The predicted octanol–water partition coefficient (Wildman–Crippen LogP) is 2.54. The van der Waals surface area contributed by atoms with E-state index in [0.29, 0.717) is 15.2 Å². The molecule has 0 fully saturated rings. The van der Waals surface area contributed by atoms with Gasteiger partial charge in [0.25, 0.3) is 0 Å². The molecule has 124 valence electrons. The number of halogens is 1. The Hall–Kier alpha value is -2.22. The molecule has 2 amide bonds. The third-order valence-electron chi connectivity index (χ3n) is 3.81. The maximum atomic E-state index is 13.3. The summed E-state index contributed by atoms with van der Waals surface area (Å²) < 4.78 is 14.0. The zero-order valence-corrected chi connectivity index (χ0v) is 13.6. The van der Waals surface area contributed by atoms with E-state index in [2.05, 4.69) is 10.3 Å². The van der Waals surface area contributed by atoms with Gasteiger partial charge in [0.2, 0.25) is 5.91 Å². The Kier molecular flexibility index (Phi) is 5.15. The van der Waals surface area contributed by atoms with Gasteiger partial charge in [-0.3, -0.25) is 4.79 Å². The highest BCUT2D eigenvalue weighted by molar-refractivity contribution is 7.18. The molecule has 2 aromatic rings. The van der Waals surface area contributed by atoms with Crippen LogP contribution in [0.4, 0.5) is 9.18 Å². The summed E-state index contributed by atoms with van der Waals surface area (Å²) >= 11 is 1.31. The molecule has 23 heavy (non-hydrogen) atoms. The molecule has 2 rings (SSSR count). The van der Waals surface area contributed by atoms with Crippen LogP contribution < -0.4 is 11.1 Å². The molecule has 4 N–H and O–H groups in total. The van der Waals surface area contributed by atoms with Crippen molar-refractivity contribution in [1.82, 2.24) is 10.3 Å². The number of nitrogens with one attached hydrogen (secondary N) is 1. The molecule has 0 spiro atoms. The average molecular weight is 339 g/mol. The van der Waals surface area contributed by atoms with Crippen molar-refractivity contribution < 1.29 is 19.1 Å². The zero-order valence-electron chi connectivity index (χ0n) is 12.7. The summed E-state index contributed by atoms with van der Waals surface area (Å²) in [6, 6.07) is 4.32. The molecular formula is C15H18FN3O3S. The first-order valence-electron chi connectivity index (χ1n) is 7.11. The first-order chi connectivity index (χ1) is 10.8. The molecule has 0 saturated carbocycles. The fourth-order valence-electron chi connectivity index (χ4n) is 2.66. The van der Waals surface area contributed by atoms with Crippen LogP contribution >= 0.6 is 11.3 Å². The Bertz CT molecular complexity index is 734. The highest BCUT2D eigenvalue weighted by atomic mass is 32.1. The SMILES string of the molecule is CC(CNC(=O)O)C(C(N)=O)[C@@H](C)c1nc2ccc(F)cc2s1. The Morgan fingerprint density at radius 3 is 2.74 bits per heavy atom. The fraction of sp³-hybridized carbons (Fsp3) is 0.400. The fourth-order valence-corrected chi connectivity index (χ4v) is 3.75. The van der Waals surface area contributed by atoms with Crippen molar-refractivity contribution in [1.29, 1.82) is 0 Å². The summed E-state index contributed by atoms with van der Waals surface area (Å²) in [5.74, 6) is -2.01. The van der Waals surface area contributed by atoms with Crippen molar-refractivity contribution in [3.8, 4) is 0 Å². The number of hydrogen-bond donors (Lipinski definition) is 3. The van der Waals surface area contributed by atoms with Crippen molar-refractivity contribution in [3.05, 3.63) is 29.0 Å². The standard InChI is InChI=1S/C15H18FN3O3S/c1-7(6-18-15(21)22)12(13(17)20)8(2)14-19-10-4-3-9(16)5-11(10)23-14/h3-5,7-8,12,18H,6H2,1-2H3,(H2,17,20)(H,21,22)/t7?,8-,12?/m1/s1. The molecule has 2 unspecified atom stereocenters. The zero-order chi connectivity index (χ0) is 17.1. The van der Waals surface area contributed by atoms with Crippen LogP contribution in [0.2, 0.25) is 0 Å². The number of nitrogens with zero attached hydrogens (tertiary/aromatic N) is 1. The number of carbonyl (C=O) groups excluding carboxylic acids is 1. The minimum absolute atomic E-state index is 0.118. The normalized spacial score (nSPS) is 15.1. The molecule has 0 bridgehead atoms. The summed E-state index contributed by atoms with van der Waals surface area (Å²) in [4.78, 5) is 26.9. The van der Waals surface area contributed by atoms with Crippen LogP contribution in [0.3, 0.4) is 0 Å². The largest absolute Gasteiger partial charge is 0.465 e. The van der Waals surface area contributed by atoms with Gasteiger partial charge in [-0.05, 0) is 24.1 Å². The predicted molar refractivity (Wildman–Crippen MR) is 85.9 cm³/mol.